The van der Waals surface area contributed by atoms with Crippen LogP contribution >= 0.6 is 11.6 Å². The summed E-state index contributed by atoms with van der Waals surface area (Å²) in [5.74, 6) is 1.44. The van der Waals surface area contributed by atoms with Crippen molar-refractivity contribution in [2.45, 2.75) is 33.2 Å². The standard InChI is InChI=1S/C17H28ClN2/c1-14(2)12-20(9-7-15(11-19)8-10-20)13-16-5-3-4-6-17(16)18/h3-6,14-15H,7-13,19H2,1-2H3/q+1. The van der Waals surface area contributed by atoms with Crippen LogP contribution in [0.15, 0.2) is 24.3 Å². The first-order valence-electron chi connectivity index (χ1n) is 7.83. The molecule has 2 rings (SSSR count). The molecular formula is C17H28ClN2+. The zero-order chi connectivity index (χ0) is 14.6. The highest BCUT2D eigenvalue weighted by Crippen LogP contribution is 2.29. The summed E-state index contributed by atoms with van der Waals surface area (Å²) in [6.45, 7) is 10.3. The largest absolute Gasteiger partial charge is 0.330 e. The molecule has 1 aliphatic rings. The second kappa shape index (κ2) is 6.93. The molecule has 2 N–H and O–H groups in total. The lowest BCUT2D eigenvalue weighted by Gasteiger charge is -2.45. The van der Waals surface area contributed by atoms with Crippen LogP contribution in [-0.2, 0) is 6.54 Å². The molecule has 0 bridgehead atoms. The predicted molar refractivity (Wildman–Crippen MR) is 86.6 cm³/mol. The van der Waals surface area contributed by atoms with Gasteiger partial charge in [-0.2, -0.15) is 0 Å². The van der Waals surface area contributed by atoms with Gasteiger partial charge in [-0.15, -0.1) is 0 Å². The van der Waals surface area contributed by atoms with E-state index in [-0.39, 0.29) is 0 Å². The van der Waals surface area contributed by atoms with Crippen molar-refractivity contribution in [3.05, 3.63) is 34.9 Å². The molecule has 1 aliphatic heterocycles. The van der Waals surface area contributed by atoms with Crippen molar-refractivity contribution >= 4 is 11.6 Å². The van der Waals surface area contributed by atoms with Crippen molar-refractivity contribution in [1.29, 1.82) is 0 Å². The molecule has 0 aliphatic carbocycles. The van der Waals surface area contributed by atoms with Gasteiger partial charge in [0.25, 0.3) is 0 Å². The summed E-state index contributed by atoms with van der Waals surface area (Å²) in [4.78, 5) is 0. The van der Waals surface area contributed by atoms with Crippen molar-refractivity contribution in [2.75, 3.05) is 26.2 Å². The van der Waals surface area contributed by atoms with Gasteiger partial charge in [0.1, 0.15) is 6.54 Å². The monoisotopic (exact) mass is 295 g/mol. The fourth-order valence-corrected chi connectivity index (χ4v) is 3.77. The minimum absolute atomic E-state index is 0.715. The van der Waals surface area contributed by atoms with Crippen molar-refractivity contribution in [3.8, 4) is 0 Å². The summed E-state index contributed by atoms with van der Waals surface area (Å²) >= 11 is 6.37. The third-order valence-corrected chi connectivity index (χ3v) is 4.94. The second-order valence-electron chi connectivity index (χ2n) is 6.79. The van der Waals surface area contributed by atoms with Gasteiger partial charge in [0, 0.05) is 29.3 Å². The van der Waals surface area contributed by atoms with E-state index in [0.717, 1.165) is 24.0 Å². The van der Waals surface area contributed by atoms with Crippen LogP contribution in [0, 0.1) is 11.8 Å². The Morgan fingerprint density at radius 3 is 2.45 bits per heavy atom. The number of likely N-dealkylation sites (tertiary alicyclic amines) is 1. The number of hydrogen-bond donors (Lipinski definition) is 1. The molecule has 0 unspecified atom stereocenters. The fourth-order valence-electron chi connectivity index (χ4n) is 3.57. The highest BCUT2D eigenvalue weighted by molar-refractivity contribution is 6.31. The second-order valence-corrected chi connectivity index (χ2v) is 7.20. The summed E-state index contributed by atoms with van der Waals surface area (Å²) in [6.07, 6.45) is 2.52. The van der Waals surface area contributed by atoms with E-state index in [9.17, 15) is 0 Å². The Kier molecular flexibility index (Phi) is 5.48. The van der Waals surface area contributed by atoms with Gasteiger partial charge >= 0.3 is 0 Å². The van der Waals surface area contributed by atoms with E-state index in [1.165, 1.54) is 42.5 Å². The van der Waals surface area contributed by atoms with E-state index in [1.807, 2.05) is 12.1 Å². The average molecular weight is 296 g/mol. The number of rotatable bonds is 5. The Morgan fingerprint density at radius 2 is 1.90 bits per heavy atom. The van der Waals surface area contributed by atoms with Gasteiger partial charge in [-0.25, -0.2) is 0 Å². The van der Waals surface area contributed by atoms with Gasteiger partial charge in [0.05, 0.1) is 19.6 Å². The number of halogens is 1. The van der Waals surface area contributed by atoms with E-state index in [1.54, 1.807) is 0 Å². The lowest BCUT2D eigenvalue weighted by Crippen LogP contribution is -2.54. The van der Waals surface area contributed by atoms with Gasteiger partial charge < -0.3 is 10.2 Å². The minimum atomic E-state index is 0.715. The molecule has 0 aromatic heterocycles. The summed E-state index contributed by atoms with van der Waals surface area (Å²) < 4.78 is 1.18. The molecular weight excluding hydrogens is 268 g/mol. The van der Waals surface area contributed by atoms with E-state index in [2.05, 4.69) is 26.0 Å². The van der Waals surface area contributed by atoms with Crippen LogP contribution in [-0.4, -0.2) is 30.7 Å². The van der Waals surface area contributed by atoms with Gasteiger partial charge in [-0.05, 0) is 18.5 Å². The molecule has 20 heavy (non-hydrogen) atoms. The zero-order valence-corrected chi connectivity index (χ0v) is 13.6. The van der Waals surface area contributed by atoms with Gasteiger partial charge in [0.15, 0.2) is 0 Å². The minimum Gasteiger partial charge on any atom is -0.330 e. The maximum Gasteiger partial charge on any atom is 0.106 e. The van der Waals surface area contributed by atoms with Gasteiger partial charge in [-0.3, -0.25) is 0 Å². The fraction of sp³-hybridized carbons (Fsp3) is 0.647. The van der Waals surface area contributed by atoms with Gasteiger partial charge in [-0.1, -0.05) is 43.6 Å². The summed E-state index contributed by atoms with van der Waals surface area (Å²) in [5, 5.41) is 0.912. The third kappa shape index (κ3) is 3.97. The maximum atomic E-state index is 6.37. The van der Waals surface area contributed by atoms with Crippen LogP contribution < -0.4 is 5.73 Å². The van der Waals surface area contributed by atoms with E-state index < -0.39 is 0 Å². The van der Waals surface area contributed by atoms with E-state index in [4.69, 9.17) is 17.3 Å². The molecule has 1 saturated heterocycles. The van der Waals surface area contributed by atoms with Crippen LogP contribution in [0.3, 0.4) is 0 Å². The molecule has 1 aromatic rings. The molecule has 3 heteroatoms. The molecule has 1 heterocycles. The lowest BCUT2D eigenvalue weighted by molar-refractivity contribution is -0.948. The number of piperidine rings is 1. The first-order valence-corrected chi connectivity index (χ1v) is 8.21. The number of nitrogens with two attached hydrogens (primary N) is 1. The highest BCUT2D eigenvalue weighted by Gasteiger charge is 2.34. The first kappa shape index (κ1) is 15.8. The Hall–Kier alpha value is -0.570. The van der Waals surface area contributed by atoms with Crippen molar-refractivity contribution in [1.82, 2.24) is 0 Å². The van der Waals surface area contributed by atoms with Gasteiger partial charge in [0.2, 0.25) is 0 Å². The maximum absolute atomic E-state index is 6.37. The molecule has 0 amide bonds. The Balaban J connectivity index is 2.14. The molecule has 2 nitrogen and oxygen atoms in total. The van der Waals surface area contributed by atoms with Crippen LogP contribution in [0.1, 0.15) is 32.3 Å². The zero-order valence-electron chi connectivity index (χ0n) is 12.8. The molecule has 112 valence electrons. The Labute approximate surface area is 128 Å². The highest BCUT2D eigenvalue weighted by atomic mass is 35.5. The summed E-state index contributed by atoms with van der Waals surface area (Å²) in [7, 11) is 0. The molecule has 0 atom stereocenters. The lowest BCUT2D eigenvalue weighted by atomic mass is 9.93. The van der Waals surface area contributed by atoms with Crippen molar-refractivity contribution in [3.63, 3.8) is 0 Å². The molecule has 0 radical (unpaired) electrons. The summed E-state index contributed by atoms with van der Waals surface area (Å²) in [6, 6.07) is 8.30. The molecule has 1 aromatic carbocycles. The number of quaternary nitrogens is 1. The number of nitrogens with zero attached hydrogens (tertiary/aromatic N) is 1. The van der Waals surface area contributed by atoms with E-state index in [0.29, 0.717) is 5.92 Å². The summed E-state index contributed by atoms with van der Waals surface area (Å²) in [5.41, 5.74) is 7.13. The third-order valence-electron chi connectivity index (χ3n) is 4.57. The number of benzene rings is 1. The SMILES string of the molecule is CC(C)C[N+]1(Cc2ccccc2Cl)CCC(CN)CC1. The van der Waals surface area contributed by atoms with Crippen LogP contribution in [0.25, 0.3) is 0 Å². The van der Waals surface area contributed by atoms with Crippen LogP contribution in [0.5, 0.6) is 0 Å². The normalized spacial score (nSPS) is 26.9. The van der Waals surface area contributed by atoms with Crippen molar-refractivity contribution in [2.24, 2.45) is 17.6 Å². The van der Waals surface area contributed by atoms with Crippen LogP contribution in [0.2, 0.25) is 5.02 Å². The molecule has 0 spiro atoms. The average Bonchev–Trinajstić information content (AvgIpc) is 2.42. The topological polar surface area (TPSA) is 26.0 Å². The first-order chi connectivity index (χ1) is 9.54. The molecule has 1 fully saturated rings. The quantitative estimate of drug-likeness (QED) is 0.824. The number of hydrogen-bond acceptors (Lipinski definition) is 1. The Morgan fingerprint density at radius 1 is 1.25 bits per heavy atom. The predicted octanol–water partition coefficient (Wildman–Crippen LogP) is 3.68. The smallest absolute Gasteiger partial charge is 0.106 e. The van der Waals surface area contributed by atoms with Crippen LogP contribution in [0.4, 0.5) is 0 Å². The molecule has 0 saturated carbocycles. The van der Waals surface area contributed by atoms with E-state index >= 15 is 0 Å². The Bertz CT molecular complexity index is 423. The van der Waals surface area contributed by atoms with Crippen molar-refractivity contribution < 1.29 is 4.48 Å².